The van der Waals surface area contributed by atoms with Crippen LogP contribution in [0.5, 0.6) is 0 Å². The van der Waals surface area contributed by atoms with Crippen molar-refractivity contribution in [3.05, 3.63) is 81.0 Å². The van der Waals surface area contributed by atoms with E-state index in [9.17, 15) is 9.18 Å². The first-order valence-electron chi connectivity index (χ1n) is 10.8. The average molecular weight is 445 g/mol. The van der Waals surface area contributed by atoms with E-state index < -0.39 is 5.82 Å². The van der Waals surface area contributed by atoms with Gasteiger partial charge in [0.1, 0.15) is 5.82 Å². The minimum absolute atomic E-state index is 0.00192. The zero-order valence-corrected chi connectivity index (χ0v) is 19.1. The van der Waals surface area contributed by atoms with Gasteiger partial charge in [-0.2, -0.15) is 0 Å². The smallest absolute Gasteiger partial charge is 0.270 e. The minimum atomic E-state index is -0.504. The van der Waals surface area contributed by atoms with Gasteiger partial charge < -0.3 is 14.3 Å². The molecule has 3 atom stereocenters. The Morgan fingerprint density at radius 1 is 1.09 bits per heavy atom. The second-order valence-corrected chi connectivity index (χ2v) is 8.62. The molecule has 4 rings (SSSR count). The summed E-state index contributed by atoms with van der Waals surface area (Å²) in [5, 5.41) is 0. The lowest BCUT2D eigenvalue weighted by atomic mass is 9.99. The van der Waals surface area contributed by atoms with E-state index in [-0.39, 0.29) is 29.4 Å². The maximum Gasteiger partial charge on any atom is 0.270 e. The monoisotopic (exact) mass is 444 g/mol. The number of piperazine rings is 1. The van der Waals surface area contributed by atoms with E-state index in [1.807, 2.05) is 0 Å². The molecule has 0 N–H and O–H groups in total. The lowest BCUT2D eigenvalue weighted by Gasteiger charge is -2.47. The normalized spacial score (nSPS) is 19.8. The van der Waals surface area contributed by atoms with Crippen LogP contribution in [0.1, 0.15) is 32.4 Å². The molecule has 8 heteroatoms. The van der Waals surface area contributed by atoms with Gasteiger partial charge in [0, 0.05) is 44.3 Å². The second-order valence-electron chi connectivity index (χ2n) is 8.62. The van der Waals surface area contributed by atoms with E-state index in [0.717, 1.165) is 11.3 Å². The van der Waals surface area contributed by atoms with Gasteiger partial charge in [0.15, 0.2) is 0 Å². The number of rotatable bonds is 3. The topological polar surface area (TPSA) is 50.1 Å². The van der Waals surface area contributed by atoms with E-state index in [1.165, 1.54) is 6.07 Å². The highest BCUT2D eigenvalue weighted by molar-refractivity contribution is 5.89. The fraction of sp³-hybridized carbons (Fsp3) is 0.360. The molecule has 1 aliphatic rings. The molecule has 168 valence electrons. The maximum absolute atomic E-state index is 13.8. The molecule has 7 nitrogen and oxygen atoms in total. The van der Waals surface area contributed by atoms with E-state index in [2.05, 4.69) is 45.2 Å². The van der Waals surface area contributed by atoms with E-state index in [4.69, 9.17) is 13.1 Å². The van der Waals surface area contributed by atoms with Gasteiger partial charge in [0.25, 0.3) is 11.4 Å². The molecule has 0 aliphatic carbocycles. The third-order valence-corrected chi connectivity index (χ3v) is 6.58. The molecule has 1 unspecified atom stereocenters. The summed E-state index contributed by atoms with van der Waals surface area (Å²) in [4.78, 5) is 28.5. The van der Waals surface area contributed by atoms with Crippen LogP contribution in [-0.2, 0) is 7.05 Å². The molecular formula is C25H25FN6O. The number of hydrogen-bond acceptors (Lipinski definition) is 4. The molecule has 0 saturated carbocycles. The van der Waals surface area contributed by atoms with Crippen molar-refractivity contribution >= 4 is 28.2 Å². The Kier molecular flexibility index (Phi) is 5.88. The first kappa shape index (κ1) is 22.4. The SMILES string of the molecule is [C-]#[N+]c1ccc2c(n1)c(N1C[C@@H](C)N(C(C)c3ccc(F)c([N+]#[C-])c3)C[C@@H]1C)cc(=O)n2C. The number of anilines is 1. The molecule has 1 saturated heterocycles. The van der Waals surface area contributed by atoms with Gasteiger partial charge in [-0.25, -0.2) is 9.24 Å². The van der Waals surface area contributed by atoms with Crippen LogP contribution in [0.3, 0.4) is 0 Å². The van der Waals surface area contributed by atoms with Crippen molar-refractivity contribution in [1.82, 2.24) is 14.5 Å². The number of pyridine rings is 2. The summed E-state index contributed by atoms with van der Waals surface area (Å²) >= 11 is 0. The summed E-state index contributed by atoms with van der Waals surface area (Å²) in [6.07, 6.45) is 0. The summed E-state index contributed by atoms with van der Waals surface area (Å²) in [5.41, 5.74) is 2.89. The first-order chi connectivity index (χ1) is 15.7. The van der Waals surface area contributed by atoms with Crippen LogP contribution in [0.15, 0.2) is 41.2 Å². The van der Waals surface area contributed by atoms with Crippen molar-refractivity contribution in [2.24, 2.45) is 7.05 Å². The van der Waals surface area contributed by atoms with E-state index in [0.29, 0.717) is 29.9 Å². The van der Waals surface area contributed by atoms with E-state index >= 15 is 0 Å². The number of benzene rings is 1. The van der Waals surface area contributed by atoms with Gasteiger partial charge in [-0.05, 0) is 50.6 Å². The Morgan fingerprint density at radius 3 is 2.55 bits per heavy atom. The zero-order valence-electron chi connectivity index (χ0n) is 19.1. The molecule has 0 radical (unpaired) electrons. The summed E-state index contributed by atoms with van der Waals surface area (Å²) in [6, 6.07) is 9.92. The maximum atomic E-state index is 13.8. The Bertz CT molecular complexity index is 1370. The van der Waals surface area contributed by atoms with Crippen LogP contribution >= 0.6 is 0 Å². The van der Waals surface area contributed by atoms with Crippen molar-refractivity contribution in [2.75, 3.05) is 18.0 Å². The van der Waals surface area contributed by atoms with Crippen molar-refractivity contribution in [3.63, 3.8) is 0 Å². The number of halogens is 1. The Morgan fingerprint density at radius 2 is 1.85 bits per heavy atom. The number of fused-ring (bicyclic) bond motifs is 1. The third-order valence-electron chi connectivity index (χ3n) is 6.58. The number of hydrogen-bond donors (Lipinski definition) is 0. The highest BCUT2D eigenvalue weighted by Gasteiger charge is 2.34. The Hall–Kier alpha value is -3.75. The fourth-order valence-corrected chi connectivity index (χ4v) is 4.68. The summed E-state index contributed by atoms with van der Waals surface area (Å²) in [5.74, 6) is -0.210. The van der Waals surface area contributed by atoms with Crippen molar-refractivity contribution in [3.8, 4) is 0 Å². The fourth-order valence-electron chi connectivity index (χ4n) is 4.68. The van der Waals surface area contributed by atoms with Gasteiger partial charge in [-0.15, -0.1) is 4.98 Å². The Balaban J connectivity index is 1.69. The molecule has 2 aromatic heterocycles. The molecule has 3 aromatic rings. The molecule has 1 fully saturated rings. The molecule has 33 heavy (non-hydrogen) atoms. The predicted molar refractivity (Wildman–Crippen MR) is 127 cm³/mol. The summed E-state index contributed by atoms with van der Waals surface area (Å²) < 4.78 is 15.4. The number of aryl methyl sites for hydroxylation is 1. The highest BCUT2D eigenvalue weighted by atomic mass is 19.1. The van der Waals surface area contributed by atoms with Crippen LogP contribution in [0.25, 0.3) is 20.7 Å². The largest absolute Gasteiger partial charge is 0.362 e. The highest BCUT2D eigenvalue weighted by Crippen LogP contribution is 2.34. The molecule has 0 spiro atoms. The van der Waals surface area contributed by atoms with Gasteiger partial charge in [0.05, 0.1) is 17.8 Å². The quantitative estimate of drug-likeness (QED) is 0.543. The molecule has 3 heterocycles. The first-order valence-corrected chi connectivity index (χ1v) is 10.8. The third kappa shape index (κ3) is 3.94. The van der Waals surface area contributed by atoms with Gasteiger partial charge in [-0.3, -0.25) is 9.69 Å². The van der Waals surface area contributed by atoms with Crippen LogP contribution < -0.4 is 10.5 Å². The van der Waals surface area contributed by atoms with Crippen molar-refractivity contribution in [2.45, 2.75) is 38.9 Å². The van der Waals surface area contributed by atoms with Gasteiger partial charge >= 0.3 is 0 Å². The van der Waals surface area contributed by atoms with E-state index in [1.54, 1.807) is 41.9 Å². The van der Waals surface area contributed by atoms with Crippen molar-refractivity contribution < 1.29 is 4.39 Å². The molecular weight excluding hydrogens is 419 g/mol. The second kappa shape index (κ2) is 8.65. The zero-order chi connectivity index (χ0) is 23.9. The standard InChI is InChI=1S/C25H25FN6O/c1-15-14-32(22-12-24(33)30(6)21-9-10-23(28-5)29-25(21)22)16(2)13-31(15)17(3)18-7-8-19(26)20(11-18)27-4/h7-12,15-17H,13-14H2,1-3,6H3/t15-,16+,17?/m1/s1. The molecule has 1 aromatic carbocycles. The minimum Gasteiger partial charge on any atom is -0.362 e. The number of aromatic nitrogens is 2. The van der Waals surface area contributed by atoms with Crippen LogP contribution in [0.4, 0.5) is 21.6 Å². The average Bonchev–Trinajstić information content (AvgIpc) is 2.82. The van der Waals surface area contributed by atoms with Crippen LogP contribution in [-0.4, -0.2) is 39.6 Å². The molecule has 0 amide bonds. The lowest BCUT2D eigenvalue weighted by Crippen LogP contribution is -2.57. The van der Waals surface area contributed by atoms with Gasteiger partial charge in [0.2, 0.25) is 11.2 Å². The number of nitrogens with zero attached hydrogens (tertiary/aromatic N) is 6. The van der Waals surface area contributed by atoms with Crippen LogP contribution in [0, 0.1) is 19.0 Å². The van der Waals surface area contributed by atoms with Crippen LogP contribution in [0.2, 0.25) is 0 Å². The lowest BCUT2D eigenvalue weighted by molar-refractivity contribution is 0.119. The molecule has 1 aliphatic heterocycles. The molecule has 0 bridgehead atoms. The van der Waals surface area contributed by atoms with Gasteiger partial charge in [-0.1, -0.05) is 12.6 Å². The Labute approximate surface area is 192 Å². The summed E-state index contributed by atoms with van der Waals surface area (Å²) in [7, 11) is 1.71. The predicted octanol–water partition coefficient (Wildman–Crippen LogP) is 4.83. The summed E-state index contributed by atoms with van der Waals surface area (Å²) in [6.45, 7) is 22.2. The van der Waals surface area contributed by atoms with Crippen molar-refractivity contribution in [1.29, 1.82) is 0 Å².